The topological polar surface area (TPSA) is 100 Å². The van der Waals surface area contributed by atoms with Crippen molar-refractivity contribution in [2.24, 2.45) is 0 Å². The van der Waals surface area contributed by atoms with E-state index in [0.29, 0.717) is 34.3 Å². The molecule has 0 saturated heterocycles. The molecule has 0 spiro atoms. The second-order valence-corrected chi connectivity index (χ2v) is 11.4. The molecule has 2 aromatic heterocycles. The molecule has 0 N–H and O–H groups in total. The van der Waals surface area contributed by atoms with Crippen LogP contribution in [-0.4, -0.2) is 48.6 Å². The molecule has 0 saturated carbocycles. The lowest BCUT2D eigenvalue weighted by Gasteiger charge is -2.15. The number of rotatable bonds is 10. The number of methoxy groups -OCH3 is 1. The standard InChI is InChI=1S/C25H24ClN3O5S2/c1-3-34-25(30)18-8-11-21(33-2)20(15-18)29-23(27-28-24(29)22-5-4-13-35-22)16-36(31,32)14-12-17-6-9-19(26)10-7-17/h4-11,13,15H,3,12,14,16H2,1-2H3. The third kappa shape index (κ3) is 5.95. The number of carbonyl (C=O) groups is 1. The summed E-state index contributed by atoms with van der Waals surface area (Å²) in [6, 6.07) is 15.6. The Balaban J connectivity index is 1.74. The minimum atomic E-state index is -3.57. The first-order valence-electron chi connectivity index (χ1n) is 11.1. The number of ether oxygens (including phenoxy) is 2. The van der Waals surface area contributed by atoms with Crippen LogP contribution in [0.2, 0.25) is 5.02 Å². The van der Waals surface area contributed by atoms with Crippen molar-refractivity contribution in [3.8, 4) is 22.1 Å². The Morgan fingerprint density at radius 3 is 2.56 bits per heavy atom. The molecule has 0 fully saturated rings. The molecular weight excluding hydrogens is 522 g/mol. The van der Waals surface area contributed by atoms with E-state index in [4.69, 9.17) is 21.1 Å². The summed E-state index contributed by atoms with van der Waals surface area (Å²) >= 11 is 7.37. The Morgan fingerprint density at radius 1 is 1.11 bits per heavy atom. The monoisotopic (exact) mass is 545 g/mol. The van der Waals surface area contributed by atoms with E-state index < -0.39 is 15.8 Å². The van der Waals surface area contributed by atoms with Gasteiger partial charge in [0.15, 0.2) is 21.5 Å². The number of carbonyl (C=O) groups excluding carboxylic acids is 1. The fourth-order valence-electron chi connectivity index (χ4n) is 3.63. The van der Waals surface area contributed by atoms with Gasteiger partial charge in [-0.05, 0) is 60.7 Å². The summed E-state index contributed by atoms with van der Waals surface area (Å²) in [5, 5.41) is 11.0. The van der Waals surface area contributed by atoms with E-state index >= 15 is 0 Å². The number of esters is 1. The Labute approximate surface area is 218 Å². The van der Waals surface area contributed by atoms with Gasteiger partial charge in [-0.3, -0.25) is 4.57 Å². The molecule has 0 unspecified atom stereocenters. The van der Waals surface area contributed by atoms with Crippen LogP contribution in [0.3, 0.4) is 0 Å². The first-order chi connectivity index (χ1) is 17.3. The third-order valence-electron chi connectivity index (χ3n) is 5.37. The highest BCUT2D eigenvalue weighted by atomic mass is 35.5. The van der Waals surface area contributed by atoms with Crippen LogP contribution in [0.25, 0.3) is 16.4 Å². The SMILES string of the molecule is CCOC(=O)c1ccc(OC)c(-n2c(CS(=O)(=O)CCc3ccc(Cl)cc3)nnc2-c2cccs2)c1. The van der Waals surface area contributed by atoms with Crippen LogP contribution < -0.4 is 4.74 Å². The molecule has 188 valence electrons. The Kier molecular flexibility index (Phi) is 8.07. The first-order valence-corrected chi connectivity index (χ1v) is 14.2. The van der Waals surface area contributed by atoms with Crippen LogP contribution in [0.5, 0.6) is 5.75 Å². The number of aryl methyl sites for hydroxylation is 1. The van der Waals surface area contributed by atoms with Crippen LogP contribution >= 0.6 is 22.9 Å². The molecule has 4 rings (SSSR count). The molecule has 0 bridgehead atoms. The minimum absolute atomic E-state index is 0.0736. The van der Waals surface area contributed by atoms with Gasteiger partial charge in [0.1, 0.15) is 11.5 Å². The van der Waals surface area contributed by atoms with E-state index in [2.05, 4.69) is 10.2 Å². The first kappa shape index (κ1) is 25.9. The fraction of sp³-hybridized carbons (Fsp3) is 0.240. The number of hydrogen-bond donors (Lipinski definition) is 0. The molecule has 8 nitrogen and oxygen atoms in total. The van der Waals surface area contributed by atoms with Crippen molar-refractivity contribution < 1.29 is 22.7 Å². The number of halogens is 1. The van der Waals surface area contributed by atoms with Crippen molar-refractivity contribution in [1.82, 2.24) is 14.8 Å². The van der Waals surface area contributed by atoms with Gasteiger partial charge in [0.25, 0.3) is 0 Å². The zero-order valence-corrected chi connectivity index (χ0v) is 22.1. The highest BCUT2D eigenvalue weighted by Gasteiger charge is 2.25. The van der Waals surface area contributed by atoms with Crippen LogP contribution in [0, 0.1) is 0 Å². The molecule has 0 amide bonds. The fourth-order valence-corrected chi connectivity index (χ4v) is 5.72. The lowest BCUT2D eigenvalue weighted by atomic mass is 10.1. The molecule has 11 heteroatoms. The van der Waals surface area contributed by atoms with Gasteiger partial charge in [-0.25, -0.2) is 13.2 Å². The molecule has 0 radical (unpaired) electrons. The van der Waals surface area contributed by atoms with Crippen LogP contribution in [0.15, 0.2) is 60.0 Å². The van der Waals surface area contributed by atoms with Gasteiger partial charge in [-0.2, -0.15) is 0 Å². The van der Waals surface area contributed by atoms with Crippen LogP contribution in [-0.2, 0) is 26.7 Å². The maximum atomic E-state index is 13.1. The van der Waals surface area contributed by atoms with E-state index in [-0.39, 0.29) is 23.9 Å². The molecule has 36 heavy (non-hydrogen) atoms. The highest BCUT2D eigenvalue weighted by molar-refractivity contribution is 7.90. The predicted octanol–water partition coefficient (Wildman–Crippen LogP) is 4.99. The van der Waals surface area contributed by atoms with Crippen LogP contribution in [0.1, 0.15) is 28.7 Å². The highest BCUT2D eigenvalue weighted by Crippen LogP contribution is 2.32. The van der Waals surface area contributed by atoms with E-state index in [9.17, 15) is 13.2 Å². The summed E-state index contributed by atoms with van der Waals surface area (Å²) in [5.74, 6) is 0.187. The van der Waals surface area contributed by atoms with Crippen molar-refractivity contribution in [3.63, 3.8) is 0 Å². The largest absolute Gasteiger partial charge is 0.495 e. The number of nitrogens with zero attached hydrogens (tertiary/aromatic N) is 3. The minimum Gasteiger partial charge on any atom is -0.495 e. The lowest BCUT2D eigenvalue weighted by molar-refractivity contribution is 0.0526. The summed E-state index contributed by atoms with van der Waals surface area (Å²) in [5.41, 5.74) is 1.61. The summed E-state index contributed by atoms with van der Waals surface area (Å²) in [6.45, 7) is 1.95. The molecule has 0 atom stereocenters. The van der Waals surface area contributed by atoms with Crippen molar-refractivity contribution in [1.29, 1.82) is 0 Å². The number of sulfone groups is 1. The average molecular weight is 546 g/mol. The van der Waals surface area contributed by atoms with Gasteiger partial charge in [0, 0.05) is 5.02 Å². The second kappa shape index (κ2) is 11.2. The van der Waals surface area contributed by atoms with Gasteiger partial charge in [0.05, 0.1) is 35.6 Å². The predicted molar refractivity (Wildman–Crippen MR) is 140 cm³/mol. The van der Waals surface area contributed by atoms with Gasteiger partial charge in [0.2, 0.25) is 0 Å². The Morgan fingerprint density at radius 2 is 1.89 bits per heavy atom. The van der Waals surface area contributed by atoms with Crippen LogP contribution in [0.4, 0.5) is 0 Å². The Hall–Kier alpha value is -3.21. The molecule has 4 aromatic rings. The normalized spacial score (nSPS) is 11.4. The number of hydrogen-bond acceptors (Lipinski definition) is 8. The van der Waals surface area contributed by atoms with Crippen molar-refractivity contribution >= 4 is 38.7 Å². The third-order valence-corrected chi connectivity index (χ3v) is 8.01. The molecular formula is C25H24ClN3O5S2. The molecule has 0 aliphatic carbocycles. The molecule has 0 aliphatic heterocycles. The van der Waals surface area contributed by atoms with Gasteiger partial charge >= 0.3 is 5.97 Å². The number of benzene rings is 2. The summed E-state index contributed by atoms with van der Waals surface area (Å²) < 4.78 is 38.6. The summed E-state index contributed by atoms with van der Waals surface area (Å²) in [4.78, 5) is 13.2. The van der Waals surface area contributed by atoms with E-state index in [0.717, 1.165) is 10.4 Å². The van der Waals surface area contributed by atoms with Crippen molar-refractivity contribution in [3.05, 3.63) is 82.0 Å². The number of aromatic nitrogens is 3. The van der Waals surface area contributed by atoms with Gasteiger partial charge in [-0.15, -0.1) is 21.5 Å². The maximum Gasteiger partial charge on any atom is 0.338 e. The number of thiophene rings is 1. The van der Waals surface area contributed by atoms with Crippen molar-refractivity contribution in [2.45, 2.75) is 19.1 Å². The van der Waals surface area contributed by atoms with E-state index in [1.165, 1.54) is 18.4 Å². The molecule has 2 aromatic carbocycles. The Bertz CT molecular complexity index is 1450. The van der Waals surface area contributed by atoms with Gasteiger partial charge in [-0.1, -0.05) is 29.8 Å². The molecule has 0 aliphatic rings. The van der Waals surface area contributed by atoms with E-state index in [1.54, 1.807) is 54.0 Å². The van der Waals surface area contributed by atoms with Crippen molar-refractivity contribution in [2.75, 3.05) is 19.5 Å². The summed E-state index contributed by atoms with van der Waals surface area (Å²) in [7, 11) is -2.07. The lowest BCUT2D eigenvalue weighted by Crippen LogP contribution is -2.16. The zero-order valence-electron chi connectivity index (χ0n) is 19.7. The van der Waals surface area contributed by atoms with E-state index in [1.807, 2.05) is 17.5 Å². The smallest absolute Gasteiger partial charge is 0.338 e. The quantitative estimate of drug-likeness (QED) is 0.259. The molecule has 2 heterocycles. The second-order valence-electron chi connectivity index (χ2n) is 7.83. The zero-order chi connectivity index (χ0) is 25.7. The average Bonchev–Trinajstić information content (AvgIpc) is 3.53. The maximum absolute atomic E-state index is 13.1. The summed E-state index contributed by atoms with van der Waals surface area (Å²) in [6.07, 6.45) is 0.340. The van der Waals surface area contributed by atoms with Gasteiger partial charge < -0.3 is 9.47 Å².